The first-order chi connectivity index (χ1) is 27.8. The normalized spacial score (nSPS) is 17.1. The largest absolute Gasteiger partial charge is 0.369 e. The summed E-state index contributed by atoms with van der Waals surface area (Å²) in [5.41, 5.74) is 8.39. The summed E-state index contributed by atoms with van der Waals surface area (Å²) in [6, 6.07) is 21.5. The van der Waals surface area contributed by atoms with E-state index in [9.17, 15) is 14.4 Å². The maximum atomic E-state index is 15.1. The number of benzene rings is 3. The van der Waals surface area contributed by atoms with Gasteiger partial charge in [0.25, 0.3) is 0 Å². The zero-order chi connectivity index (χ0) is 40.7. The number of aromatic amines is 1. The van der Waals surface area contributed by atoms with Gasteiger partial charge in [-0.2, -0.15) is 10.1 Å². The first-order valence-corrected chi connectivity index (χ1v) is 19.6. The number of imide groups is 1. The molecule has 2 fully saturated rings. The van der Waals surface area contributed by atoms with E-state index < -0.39 is 23.5 Å². The summed E-state index contributed by atoms with van der Waals surface area (Å²) < 4.78 is 20.3. The van der Waals surface area contributed by atoms with Gasteiger partial charge in [0, 0.05) is 78.5 Å². The Morgan fingerprint density at radius 3 is 2.43 bits per heavy atom. The molecule has 0 aliphatic carbocycles. The second-order valence-corrected chi connectivity index (χ2v) is 16.3. The number of aromatic nitrogens is 5. The van der Waals surface area contributed by atoms with Crippen molar-refractivity contribution in [1.82, 2.24) is 40.9 Å². The lowest BCUT2D eigenvalue weighted by Crippen LogP contribution is -2.46. The van der Waals surface area contributed by atoms with E-state index in [1.807, 2.05) is 59.0 Å². The molecule has 58 heavy (non-hydrogen) atoms. The van der Waals surface area contributed by atoms with Gasteiger partial charge in [-0.05, 0) is 72.9 Å². The number of carbonyl (C=O) groups excluding carboxylic acids is 3. The second-order valence-electron chi connectivity index (χ2n) is 16.3. The number of carbonyl (C=O) groups is 3. The Kier molecular flexibility index (Phi) is 10.4. The van der Waals surface area contributed by atoms with Crippen LogP contribution in [0, 0.1) is 12.7 Å². The predicted octanol–water partition coefficient (Wildman–Crippen LogP) is 6.75. The molecule has 2 saturated heterocycles. The molecule has 3 amide bonds. The Balaban J connectivity index is 0.892. The van der Waals surface area contributed by atoms with Crippen LogP contribution in [0.25, 0.3) is 33.4 Å². The van der Waals surface area contributed by atoms with Crippen molar-refractivity contribution < 1.29 is 23.3 Å². The lowest BCUT2D eigenvalue weighted by Gasteiger charge is -2.36. The molecule has 2 atom stereocenters. The SMILES string of the molecule is Cc1cc(-c2n[nH]c3ncc(-c4ccc(N5CCN(Cc6ccc(C7CCC(=O)NC7=O)c(F)c6)CC5)cc4)cc23)ccc1[C@@H](C)NC(=O)c1nc(C(C)(C)C)no1. The van der Waals surface area contributed by atoms with E-state index >= 15 is 4.39 Å². The Labute approximate surface area is 335 Å². The van der Waals surface area contributed by atoms with Crippen molar-refractivity contribution in [3.8, 4) is 22.4 Å². The molecule has 3 aromatic carbocycles. The molecule has 0 saturated carbocycles. The van der Waals surface area contributed by atoms with E-state index in [0.717, 1.165) is 76.3 Å². The number of hydrogen-bond acceptors (Lipinski definition) is 10. The number of nitrogens with zero attached hydrogens (tertiary/aromatic N) is 6. The maximum absolute atomic E-state index is 15.1. The molecule has 5 heterocycles. The number of halogens is 1. The van der Waals surface area contributed by atoms with Gasteiger partial charge in [-0.3, -0.25) is 29.7 Å². The van der Waals surface area contributed by atoms with E-state index in [-0.39, 0.29) is 29.7 Å². The molecular weight excluding hydrogens is 738 g/mol. The molecule has 0 bridgehead atoms. The lowest BCUT2D eigenvalue weighted by atomic mass is 9.89. The number of piperidine rings is 1. The molecule has 1 unspecified atom stereocenters. The van der Waals surface area contributed by atoms with Crippen LogP contribution in [0.1, 0.15) is 91.3 Å². The molecule has 2 aliphatic heterocycles. The van der Waals surface area contributed by atoms with E-state index in [0.29, 0.717) is 30.0 Å². The molecule has 298 valence electrons. The number of rotatable bonds is 9. The smallest absolute Gasteiger partial charge is 0.315 e. The fourth-order valence-corrected chi connectivity index (χ4v) is 7.78. The molecule has 6 aromatic rings. The summed E-state index contributed by atoms with van der Waals surface area (Å²) in [7, 11) is 0. The van der Waals surface area contributed by atoms with Gasteiger partial charge in [-0.1, -0.05) is 62.3 Å². The number of H-pyrrole nitrogens is 1. The molecule has 8 rings (SSSR count). The Bertz CT molecular complexity index is 2510. The summed E-state index contributed by atoms with van der Waals surface area (Å²) in [6.45, 7) is 13.8. The summed E-state index contributed by atoms with van der Waals surface area (Å²) in [6.07, 6.45) is 2.40. The monoisotopic (exact) mass is 783 g/mol. The van der Waals surface area contributed by atoms with Crippen LogP contribution in [0.3, 0.4) is 0 Å². The van der Waals surface area contributed by atoms with Crippen molar-refractivity contribution >= 4 is 34.4 Å². The van der Waals surface area contributed by atoms with Crippen molar-refractivity contribution in [3.63, 3.8) is 0 Å². The highest BCUT2D eigenvalue weighted by atomic mass is 19.1. The van der Waals surface area contributed by atoms with Crippen LogP contribution < -0.4 is 15.5 Å². The third kappa shape index (κ3) is 7.97. The summed E-state index contributed by atoms with van der Waals surface area (Å²) >= 11 is 0. The highest BCUT2D eigenvalue weighted by Crippen LogP contribution is 2.33. The predicted molar refractivity (Wildman–Crippen MR) is 217 cm³/mol. The molecule has 3 aromatic heterocycles. The molecule has 0 spiro atoms. The van der Waals surface area contributed by atoms with Crippen LogP contribution >= 0.6 is 0 Å². The summed E-state index contributed by atoms with van der Waals surface area (Å²) in [4.78, 5) is 50.3. The molecule has 0 radical (unpaired) electrons. The van der Waals surface area contributed by atoms with Crippen LogP contribution in [0.5, 0.6) is 0 Å². The highest BCUT2D eigenvalue weighted by molar-refractivity contribution is 6.01. The van der Waals surface area contributed by atoms with Crippen LogP contribution in [-0.4, -0.2) is 74.1 Å². The first kappa shape index (κ1) is 38.6. The number of aryl methyl sites for hydroxylation is 1. The van der Waals surface area contributed by atoms with Crippen LogP contribution in [0.4, 0.5) is 10.1 Å². The molecule has 2 aliphatic rings. The van der Waals surface area contributed by atoms with Crippen molar-refractivity contribution in [1.29, 1.82) is 0 Å². The van der Waals surface area contributed by atoms with Crippen molar-refractivity contribution in [2.45, 2.75) is 71.4 Å². The number of piperazine rings is 1. The van der Waals surface area contributed by atoms with E-state index in [1.54, 1.807) is 6.07 Å². The minimum Gasteiger partial charge on any atom is -0.369 e. The maximum Gasteiger partial charge on any atom is 0.315 e. The van der Waals surface area contributed by atoms with E-state index in [1.165, 1.54) is 6.07 Å². The van der Waals surface area contributed by atoms with Gasteiger partial charge in [0.15, 0.2) is 11.5 Å². The van der Waals surface area contributed by atoms with Gasteiger partial charge >= 0.3 is 11.8 Å². The van der Waals surface area contributed by atoms with Gasteiger partial charge in [0.05, 0.1) is 12.0 Å². The third-order valence-corrected chi connectivity index (χ3v) is 11.1. The van der Waals surface area contributed by atoms with Crippen LogP contribution in [0.15, 0.2) is 77.4 Å². The number of nitrogens with one attached hydrogen (secondary N) is 3. The van der Waals surface area contributed by atoms with Gasteiger partial charge in [0.1, 0.15) is 11.5 Å². The zero-order valence-electron chi connectivity index (χ0n) is 33.2. The Morgan fingerprint density at radius 2 is 1.74 bits per heavy atom. The van der Waals surface area contributed by atoms with E-state index in [4.69, 9.17) is 9.51 Å². The van der Waals surface area contributed by atoms with Crippen molar-refractivity contribution in [2.75, 3.05) is 31.1 Å². The minimum atomic E-state index is -0.635. The second kappa shape index (κ2) is 15.6. The van der Waals surface area contributed by atoms with Gasteiger partial charge in [0.2, 0.25) is 11.8 Å². The molecular formula is C44H46FN9O4. The molecule has 3 N–H and O–H groups in total. The third-order valence-electron chi connectivity index (χ3n) is 11.1. The quantitative estimate of drug-likeness (QED) is 0.134. The number of anilines is 1. The first-order valence-electron chi connectivity index (χ1n) is 19.6. The Hall–Kier alpha value is -6.28. The lowest BCUT2D eigenvalue weighted by molar-refractivity contribution is -0.134. The van der Waals surface area contributed by atoms with Gasteiger partial charge < -0.3 is 14.7 Å². The van der Waals surface area contributed by atoms with Crippen LogP contribution in [-0.2, 0) is 21.5 Å². The summed E-state index contributed by atoms with van der Waals surface area (Å²) in [5.74, 6) is -1.78. The fraction of sp³-hybridized carbons (Fsp3) is 0.341. The number of fused-ring (bicyclic) bond motifs is 1. The standard InChI is InChI=1S/C44H46FN9O4/c1-25-20-29(9-13-32(25)26(2)47-41(57)42-49-43(52-58-42)44(3,4)5)38-35-22-30(23-46-39(35)51-50-38)28-7-10-31(11-8-28)54-18-16-53(17-19-54)24-27-6-12-33(36(45)21-27)34-14-15-37(55)48-40(34)56/h6-13,20-23,26,34H,14-19,24H2,1-5H3,(H,47,57)(H,46,50,51)(H,48,55,56)/t26-,34?/m1/s1. The summed E-state index contributed by atoms with van der Waals surface area (Å²) in [5, 5.41) is 17.9. The zero-order valence-corrected chi connectivity index (χ0v) is 33.2. The van der Waals surface area contributed by atoms with E-state index in [2.05, 4.69) is 77.2 Å². The number of amides is 3. The highest BCUT2D eigenvalue weighted by Gasteiger charge is 2.30. The van der Waals surface area contributed by atoms with Crippen LogP contribution in [0.2, 0.25) is 0 Å². The van der Waals surface area contributed by atoms with Crippen molar-refractivity contribution in [2.24, 2.45) is 0 Å². The average molecular weight is 784 g/mol. The van der Waals surface area contributed by atoms with Gasteiger partial charge in [-0.25, -0.2) is 9.37 Å². The Morgan fingerprint density at radius 1 is 0.983 bits per heavy atom. The minimum absolute atomic E-state index is 0.0595. The van der Waals surface area contributed by atoms with Crippen molar-refractivity contribution in [3.05, 3.63) is 113 Å². The average Bonchev–Trinajstić information content (AvgIpc) is 3.88. The fourth-order valence-electron chi connectivity index (χ4n) is 7.78. The molecule has 13 nitrogen and oxygen atoms in total. The van der Waals surface area contributed by atoms with Gasteiger partial charge in [-0.15, -0.1) is 0 Å². The topological polar surface area (TPSA) is 162 Å². The number of pyridine rings is 1. The number of hydrogen-bond donors (Lipinski definition) is 3. The molecule has 14 heteroatoms.